The van der Waals surface area contributed by atoms with Gasteiger partial charge >= 0.3 is 0 Å². The number of hydrogen-bond acceptors (Lipinski definition) is 5. The summed E-state index contributed by atoms with van der Waals surface area (Å²) in [5.74, 6) is 0. The lowest BCUT2D eigenvalue weighted by molar-refractivity contribution is 0.0894. The number of nitrogens with zero attached hydrogens (tertiary/aromatic N) is 1. The average Bonchev–Trinajstić information content (AvgIpc) is 2.34. The van der Waals surface area contributed by atoms with Gasteiger partial charge in [-0.25, -0.2) is 0 Å². The van der Waals surface area contributed by atoms with Crippen molar-refractivity contribution in [2.75, 3.05) is 26.4 Å². The van der Waals surface area contributed by atoms with Gasteiger partial charge in [-0.2, -0.15) is 0 Å². The van der Waals surface area contributed by atoms with E-state index < -0.39 is 0 Å². The summed E-state index contributed by atoms with van der Waals surface area (Å²) in [7, 11) is 0. The number of rotatable bonds is 11. The minimum atomic E-state index is -0.312. The van der Waals surface area contributed by atoms with E-state index in [0.29, 0.717) is 26.1 Å². The van der Waals surface area contributed by atoms with Gasteiger partial charge in [0.05, 0.1) is 6.10 Å². The van der Waals surface area contributed by atoms with Crippen molar-refractivity contribution in [2.24, 2.45) is 0 Å². The minimum Gasteiger partial charge on any atom is -0.396 e. The zero-order valence-electron chi connectivity index (χ0n) is 12.0. The molecule has 5 heteroatoms. The van der Waals surface area contributed by atoms with Gasteiger partial charge in [-0.3, -0.25) is 4.90 Å². The van der Waals surface area contributed by atoms with Crippen LogP contribution < -0.4 is 5.32 Å². The highest BCUT2D eigenvalue weighted by Crippen LogP contribution is 2.10. The summed E-state index contributed by atoms with van der Waals surface area (Å²) < 4.78 is 0. The molecular weight excluding hydrogens is 232 g/mol. The fourth-order valence-corrected chi connectivity index (χ4v) is 1.96. The third-order valence-corrected chi connectivity index (χ3v) is 3.37. The largest absolute Gasteiger partial charge is 0.396 e. The van der Waals surface area contributed by atoms with Gasteiger partial charge in [0.2, 0.25) is 0 Å². The quantitative estimate of drug-likeness (QED) is 0.399. The Morgan fingerprint density at radius 2 is 1.56 bits per heavy atom. The Labute approximate surface area is 111 Å². The second-order valence-electron chi connectivity index (χ2n) is 4.91. The topological polar surface area (TPSA) is 76.0 Å². The maximum absolute atomic E-state index is 9.49. The fourth-order valence-electron chi connectivity index (χ4n) is 1.96. The van der Waals surface area contributed by atoms with E-state index in [1.54, 1.807) is 0 Å². The highest BCUT2D eigenvalue weighted by atomic mass is 16.3. The van der Waals surface area contributed by atoms with Gasteiger partial charge in [0.1, 0.15) is 0 Å². The summed E-state index contributed by atoms with van der Waals surface area (Å²) in [5, 5.41) is 30.7. The normalized spacial score (nSPS) is 16.8. The van der Waals surface area contributed by atoms with Crippen LogP contribution in [-0.4, -0.2) is 64.8 Å². The van der Waals surface area contributed by atoms with Crippen LogP contribution in [0.5, 0.6) is 0 Å². The molecule has 5 nitrogen and oxygen atoms in total. The second-order valence-corrected chi connectivity index (χ2v) is 4.91. The Kier molecular flexibility index (Phi) is 10.6. The van der Waals surface area contributed by atoms with Gasteiger partial charge in [-0.15, -0.1) is 0 Å². The molecule has 0 bridgehead atoms. The first kappa shape index (κ1) is 17.8. The molecule has 0 heterocycles. The van der Waals surface area contributed by atoms with E-state index in [9.17, 15) is 5.11 Å². The van der Waals surface area contributed by atoms with Crippen molar-refractivity contribution in [3.8, 4) is 0 Å². The van der Waals surface area contributed by atoms with Crippen LogP contribution in [0.15, 0.2) is 0 Å². The number of aliphatic hydroxyl groups excluding tert-OH is 3. The zero-order chi connectivity index (χ0) is 14.0. The molecule has 0 aliphatic carbocycles. The molecule has 110 valence electrons. The SMILES string of the molecule is CCC(O)CNCN(C(C)CCO)C(C)CCO. The molecule has 3 atom stereocenters. The molecule has 0 rings (SSSR count). The van der Waals surface area contributed by atoms with E-state index in [0.717, 1.165) is 6.42 Å². The fraction of sp³-hybridized carbons (Fsp3) is 1.00. The van der Waals surface area contributed by atoms with Crippen LogP contribution >= 0.6 is 0 Å². The molecule has 0 saturated carbocycles. The highest BCUT2D eigenvalue weighted by molar-refractivity contribution is 4.73. The molecule has 0 amide bonds. The van der Waals surface area contributed by atoms with Gasteiger partial charge in [-0.1, -0.05) is 6.92 Å². The van der Waals surface area contributed by atoms with Crippen molar-refractivity contribution in [1.82, 2.24) is 10.2 Å². The second kappa shape index (κ2) is 10.7. The van der Waals surface area contributed by atoms with E-state index in [4.69, 9.17) is 10.2 Å². The summed E-state index contributed by atoms with van der Waals surface area (Å²) in [6.07, 6.45) is 1.86. The molecule has 0 aliphatic rings. The molecule has 0 saturated heterocycles. The lowest BCUT2D eigenvalue weighted by Gasteiger charge is -2.34. The Morgan fingerprint density at radius 3 is 1.94 bits per heavy atom. The van der Waals surface area contributed by atoms with Crippen LogP contribution in [0.1, 0.15) is 40.0 Å². The molecule has 0 aromatic carbocycles. The van der Waals surface area contributed by atoms with Crippen molar-refractivity contribution in [1.29, 1.82) is 0 Å². The molecule has 0 radical (unpaired) electrons. The third-order valence-electron chi connectivity index (χ3n) is 3.37. The predicted octanol–water partition coefficient (Wildman–Crippen LogP) is 0.148. The maximum Gasteiger partial charge on any atom is 0.0662 e. The number of aliphatic hydroxyl groups is 3. The van der Waals surface area contributed by atoms with Crippen molar-refractivity contribution < 1.29 is 15.3 Å². The monoisotopic (exact) mass is 262 g/mol. The summed E-state index contributed by atoms with van der Waals surface area (Å²) in [6, 6.07) is 0.505. The molecular formula is C13H30N2O3. The molecule has 0 fully saturated rings. The van der Waals surface area contributed by atoms with Crippen LogP contribution in [0.25, 0.3) is 0 Å². The van der Waals surface area contributed by atoms with Gasteiger partial charge in [0.25, 0.3) is 0 Å². The Bertz CT molecular complexity index is 181. The molecule has 0 aliphatic heterocycles. The first-order valence-electron chi connectivity index (χ1n) is 6.93. The molecule has 4 N–H and O–H groups in total. The summed E-state index contributed by atoms with van der Waals surface area (Å²) in [5.41, 5.74) is 0. The molecule has 0 aromatic heterocycles. The lowest BCUT2D eigenvalue weighted by Crippen LogP contribution is -2.47. The Hall–Kier alpha value is -0.200. The van der Waals surface area contributed by atoms with Gasteiger partial charge in [-0.05, 0) is 33.1 Å². The van der Waals surface area contributed by atoms with E-state index in [1.807, 2.05) is 6.92 Å². The first-order valence-corrected chi connectivity index (χ1v) is 6.93. The third kappa shape index (κ3) is 7.28. The van der Waals surface area contributed by atoms with Crippen LogP contribution in [0, 0.1) is 0 Å². The van der Waals surface area contributed by atoms with Gasteiger partial charge in [0.15, 0.2) is 0 Å². The van der Waals surface area contributed by atoms with E-state index in [2.05, 4.69) is 24.1 Å². The lowest BCUT2D eigenvalue weighted by atomic mass is 10.1. The maximum atomic E-state index is 9.49. The smallest absolute Gasteiger partial charge is 0.0662 e. The van der Waals surface area contributed by atoms with Crippen molar-refractivity contribution in [3.05, 3.63) is 0 Å². The standard InChI is InChI=1S/C13H30N2O3/c1-4-13(18)9-14-10-15(11(2)5-7-16)12(3)6-8-17/h11-14,16-18H,4-10H2,1-3H3. The minimum absolute atomic E-state index is 0.168. The Balaban J connectivity index is 4.19. The highest BCUT2D eigenvalue weighted by Gasteiger charge is 2.19. The Morgan fingerprint density at radius 1 is 1.06 bits per heavy atom. The van der Waals surface area contributed by atoms with E-state index >= 15 is 0 Å². The zero-order valence-corrected chi connectivity index (χ0v) is 12.0. The number of nitrogens with one attached hydrogen (secondary N) is 1. The molecule has 0 spiro atoms. The average molecular weight is 262 g/mol. The number of hydrogen-bond donors (Lipinski definition) is 4. The molecule has 3 unspecified atom stereocenters. The van der Waals surface area contributed by atoms with Crippen LogP contribution in [0.2, 0.25) is 0 Å². The predicted molar refractivity (Wildman–Crippen MR) is 73.3 cm³/mol. The van der Waals surface area contributed by atoms with Crippen LogP contribution in [0.4, 0.5) is 0 Å². The van der Waals surface area contributed by atoms with Gasteiger partial charge in [0, 0.05) is 38.5 Å². The van der Waals surface area contributed by atoms with E-state index in [-0.39, 0.29) is 31.4 Å². The van der Waals surface area contributed by atoms with Crippen molar-refractivity contribution in [2.45, 2.75) is 58.2 Å². The van der Waals surface area contributed by atoms with Crippen molar-refractivity contribution >= 4 is 0 Å². The van der Waals surface area contributed by atoms with Crippen LogP contribution in [-0.2, 0) is 0 Å². The summed E-state index contributed by atoms with van der Waals surface area (Å²) >= 11 is 0. The molecule has 18 heavy (non-hydrogen) atoms. The first-order chi connectivity index (χ1) is 8.56. The summed E-state index contributed by atoms with van der Waals surface area (Å²) in [6.45, 7) is 7.67. The van der Waals surface area contributed by atoms with Crippen molar-refractivity contribution in [3.63, 3.8) is 0 Å². The molecule has 0 aromatic rings. The van der Waals surface area contributed by atoms with E-state index in [1.165, 1.54) is 0 Å². The van der Waals surface area contributed by atoms with Gasteiger partial charge < -0.3 is 20.6 Å². The van der Waals surface area contributed by atoms with Crippen LogP contribution in [0.3, 0.4) is 0 Å². The summed E-state index contributed by atoms with van der Waals surface area (Å²) in [4.78, 5) is 2.22.